The van der Waals surface area contributed by atoms with Crippen LogP contribution in [0.25, 0.3) is 22.7 Å². The van der Waals surface area contributed by atoms with Crippen LogP contribution in [0.1, 0.15) is 11.3 Å². The number of hydrogen-bond donors (Lipinski definition) is 0. The van der Waals surface area contributed by atoms with E-state index in [1.54, 1.807) is 24.4 Å². The first-order valence-electron chi connectivity index (χ1n) is 8.30. The Bertz CT molecular complexity index is 1270. The molecule has 0 saturated carbocycles. The molecule has 0 aliphatic rings. The minimum Gasteiger partial charge on any atom is -0.434 e. The van der Waals surface area contributed by atoms with E-state index >= 15 is 0 Å². The highest BCUT2D eigenvalue weighted by atomic mass is 32.2. The van der Waals surface area contributed by atoms with Gasteiger partial charge >= 0.3 is 6.18 Å². The number of oxazole rings is 1. The number of rotatable bonds is 4. The number of aromatic nitrogens is 3. The van der Waals surface area contributed by atoms with Crippen LogP contribution >= 0.6 is 0 Å². The van der Waals surface area contributed by atoms with E-state index in [1.807, 2.05) is 0 Å². The van der Waals surface area contributed by atoms with Crippen molar-refractivity contribution >= 4 is 21.1 Å². The second kappa shape index (κ2) is 6.96. The number of hydrogen-bond acceptors (Lipinski definition) is 6. The van der Waals surface area contributed by atoms with Crippen LogP contribution in [-0.2, 0) is 21.8 Å². The molecule has 4 rings (SSSR count). The van der Waals surface area contributed by atoms with Gasteiger partial charge < -0.3 is 4.42 Å². The molecule has 0 N–H and O–H groups in total. The van der Waals surface area contributed by atoms with Crippen molar-refractivity contribution in [2.75, 3.05) is 0 Å². The molecule has 0 saturated heterocycles. The first-order valence-corrected chi connectivity index (χ1v) is 9.95. The molecule has 29 heavy (non-hydrogen) atoms. The van der Waals surface area contributed by atoms with Gasteiger partial charge in [0.15, 0.2) is 21.1 Å². The van der Waals surface area contributed by atoms with Crippen LogP contribution in [0, 0.1) is 0 Å². The van der Waals surface area contributed by atoms with Gasteiger partial charge in [-0.3, -0.25) is 4.98 Å². The summed E-state index contributed by atoms with van der Waals surface area (Å²) in [5.74, 6) is -0.498. The highest BCUT2D eigenvalue weighted by Crippen LogP contribution is 2.35. The predicted molar refractivity (Wildman–Crippen MR) is 97.4 cm³/mol. The third-order valence-electron chi connectivity index (χ3n) is 4.09. The quantitative estimate of drug-likeness (QED) is 0.491. The summed E-state index contributed by atoms with van der Waals surface area (Å²) in [6.45, 7) is 0. The average molecular weight is 419 g/mol. The summed E-state index contributed by atoms with van der Waals surface area (Å²) in [6, 6.07) is 10.4. The van der Waals surface area contributed by atoms with Crippen LogP contribution in [0.4, 0.5) is 13.2 Å². The highest BCUT2D eigenvalue weighted by molar-refractivity contribution is 7.90. The number of nitrogens with zero attached hydrogens (tertiary/aromatic N) is 3. The molecule has 3 heterocycles. The number of fused-ring (bicyclic) bond motifs is 1. The average Bonchev–Trinajstić information content (AvgIpc) is 3.11. The summed E-state index contributed by atoms with van der Waals surface area (Å²) in [7, 11) is -4.30. The number of pyridine rings is 2. The van der Waals surface area contributed by atoms with Crippen molar-refractivity contribution < 1.29 is 26.0 Å². The van der Waals surface area contributed by atoms with Gasteiger partial charge in [0.2, 0.25) is 5.89 Å². The monoisotopic (exact) mass is 419 g/mol. The fourth-order valence-corrected chi connectivity index (χ4v) is 4.33. The van der Waals surface area contributed by atoms with Crippen LogP contribution < -0.4 is 0 Å². The van der Waals surface area contributed by atoms with Gasteiger partial charge in [0, 0.05) is 18.0 Å². The second-order valence-electron chi connectivity index (χ2n) is 6.13. The molecular formula is C19H12F3N3O3S. The summed E-state index contributed by atoms with van der Waals surface area (Å²) < 4.78 is 70.5. The van der Waals surface area contributed by atoms with E-state index in [2.05, 4.69) is 15.0 Å². The minimum atomic E-state index is -4.79. The lowest BCUT2D eigenvalue weighted by molar-refractivity contribution is -0.139. The van der Waals surface area contributed by atoms with Crippen LogP contribution in [0.15, 0.2) is 70.2 Å². The van der Waals surface area contributed by atoms with Crippen LogP contribution in [-0.4, -0.2) is 23.4 Å². The molecule has 0 atom stereocenters. The molecule has 0 aliphatic carbocycles. The van der Waals surface area contributed by atoms with E-state index in [4.69, 9.17) is 4.42 Å². The fraction of sp³-hybridized carbons (Fsp3) is 0.105. The van der Waals surface area contributed by atoms with Gasteiger partial charge in [-0.2, -0.15) is 18.2 Å². The van der Waals surface area contributed by atoms with Crippen LogP contribution in [0.5, 0.6) is 0 Å². The largest absolute Gasteiger partial charge is 0.434 e. The van der Waals surface area contributed by atoms with Crippen LogP contribution in [0.3, 0.4) is 0 Å². The molecule has 3 aromatic heterocycles. The van der Waals surface area contributed by atoms with E-state index in [0.29, 0.717) is 16.8 Å². The van der Waals surface area contributed by atoms with Crippen molar-refractivity contribution in [2.24, 2.45) is 0 Å². The maximum absolute atomic E-state index is 13.2. The van der Waals surface area contributed by atoms with Crippen molar-refractivity contribution in [3.05, 3.63) is 72.2 Å². The lowest BCUT2D eigenvalue weighted by Gasteiger charge is -2.13. The summed E-state index contributed by atoms with van der Waals surface area (Å²) in [4.78, 5) is 11.5. The lowest BCUT2D eigenvalue weighted by Crippen LogP contribution is -2.15. The van der Waals surface area contributed by atoms with Gasteiger partial charge in [-0.1, -0.05) is 12.1 Å². The Balaban J connectivity index is 1.70. The van der Waals surface area contributed by atoms with E-state index in [-0.39, 0.29) is 11.6 Å². The molecule has 148 valence electrons. The van der Waals surface area contributed by atoms with E-state index in [9.17, 15) is 21.6 Å². The summed E-state index contributed by atoms with van der Waals surface area (Å²) >= 11 is 0. The Morgan fingerprint density at radius 1 is 0.966 bits per heavy atom. The topological polar surface area (TPSA) is 86.0 Å². The van der Waals surface area contributed by atoms with Gasteiger partial charge in [0.25, 0.3) is 0 Å². The SMILES string of the molecule is O=S(=O)(Cc1cc(-c2nc3ncccc3o2)ccn1)c1ccccc1C(F)(F)F. The molecule has 10 heteroatoms. The zero-order valence-electron chi connectivity index (χ0n) is 14.6. The highest BCUT2D eigenvalue weighted by Gasteiger charge is 2.36. The Morgan fingerprint density at radius 3 is 2.52 bits per heavy atom. The first-order chi connectivity index (χ1) is 13.7. The van der Waals surface area contributed by atoms with E-state index in [1.165, 1.54) is 18.3 Å². The van der Waals surface area contributed by atoms with Crippen molar-refractivity contribution in [3.8, 4) is 11.5 Å². The van der Waals surface area contributed by atoms with Crippen molar-refractivity contribution in [1.29, 1.82) is 0 Å². The maximum Gasteiger partial charge on any atom is 0.417 e. The maximum atomic E-state index is 13.2. The minimum absolute atomic E-state index is 0.0645. The lowest BCUT2D eigenvalue weighted by atomic mass is 10.2. The number of sulfone groups is 1. The normalized spacial score (nSPS) is 12.4. The van der Waals surface area contributed by atoms with Crippen LogP contribution in [0.2, 0.25) is 0 Å². The smallest absolute Gasteiger partial charge is 0.417 e. The Labute approximate surface area is 163 Å². The van der Waals surface area contributed by atoms with Crippen molar-refractivity contribution in [2.45, 2.75) is 16.8 Å². The molecule has 0 spiro atoms. The van der Waals surface area contributed by atoms with Gasteiger partial charge in [0.05, 0.1) is 21.9 Å². The fourth-order valence-electron chi connectivity index (χ4n) is 2.83. The molecular weight excluding hydrogens is 407 g/mol. The molecule has 0 radical (unpaired) electrons. The van der Waals surface area contributed by atoms with Gasteiger partial charge in [-0.05, 0) is 36.4 Å². The molecule has 4 aromatic rings. The number of halogens is 3. The Hall–Kier alpha value is -3.27. The van der Waals surface area contributed by atoms with Gasteiger partial charge in [-0.15, -0.1) is 0 Å². The third-order valence-corrected chi connectivity index (χ3v) is 5.80. The Kier molecular flexibility index (Phi) is 4.58. The molecule has 0 bridgehead atoms. The van der Waals surface area contributed by atoms with Gasteiger partial charge in [-0.25, -0.2) is 13.4 Å². The summed E-state index contributed by atoms with van der Waals surface area (Å²) in [6.07, 6.45) is -1.89. The van der Waals surface area contributed by atoms with Crippen molar-refractivity contribution in [3.63, 3.8) is 0 Å². The summed E-state index contributed by atoms with van der Waals surface area (Å²) in [5, 5.41) is 0. The Morgan fingerprint density at radius 2 is 1.76 bits per heavy atom. The summed E-state index contributed by atoms with van der Waals surface area (Å²) in [5.41, 5.74) is 0.128. The van der Waals surface area contributed by atoms with Gasteiger partial charge in [0.1, 0.15) is 0 Å². The molecule has 0 amide bonds. The molecule has 6 nitrogen and oxygen atoms in total. The second-order valence-corrected chi connectivity index (χ2v) is 8.09. The predicted octanol–water partition coefficient (Wildman–Crippen LogP) is 4.28. The third kappa shape index (κ3) is 3.83. The zero-order chi connectivity index (χ0) is 20.6. The molecule has 1 aromatic carbocycles. The molecule has 0 unspecified atom stereocenters. The number of benzene rings is 1. The standard InChI is InChI=1S/C19H12F3N3O3S/c20-19(21,22)14-4-1-2-6-16(14)29(26,27)11-13-10-12(7-9-23-13)18-25-17-15(28-18)5-3-8-24-17/h1-10H,11H2. The van der Waals surface area contributed by atoms with Crippen molar-refractivity contribution in [1.82, 2.24) is 15.0 Å². The van der Waals surface area contributed by atoms with E-state index < -0.39 is 32.2 Å². The van der Waals surface area contributed by atoms with E-state index in [0.717, 1.165) is 18.2 Å². The zero-order valence-corrected chi connectivity index (χ0v) is 15.4. The first kappa shape index (κ1) is 19.1. The number of alkyl halides is 3. The molecule has 0 fully saturated rings. The molecule has 0 aliphatic heterocycles.